The van der Waals surface area contributed by atoms with Crippen LogP contribution in [0.2, 0.25) is 0 Å². The zero-order chi connectivity index (χ0) is 19.2. The first kappa shape index (κ1) is 18.0. The third kappa shape index (κ3) is 2.55. The van der Waals surface area contributed by atoms with Gasteiger partial charge in [0.15, 0.2) is 0 Å². The van der Waals surface area contributed by atoms with Gasteiger partial charge in [0.25, 0.3) is 0 Å². The van der Waals surface area contributed by atoms with Gasteiger partial charge in [0.05, 0.1) is 16.8 Å². The van der Waals surface area contributed by atoms with Crippen molar-refractivity contribution in [1.29, 1.82) is 0 Å². The number of aromatic hydroxyl groups is 1. The second-order valence-electron chi connectivity index (χ2n) is 6.60. The second-order valence-corrected chi connectivity index (χ2v) is 6.60. The van der Waals surface area contributed by atoms with Crippen molar-refractivity contribution in [2.45, 2.75) is 34.6 Å². The summed E-state index contributed by atoms with van der Waals surface area (Å²) in [7, 11) is 0. The zero-order valence-corrected chi connectivity index (χ0v) is 15.8. The molecule has 0 unspecified atom stereocenters. The van der Waals surface area contributed by atoms with E-state index in [1.54, 1.807) is 12.1 Å². The number of rotatable bonds is 4. The minimum atomic E-state index is -0.283. The molecule has 0 aromatic heterocycles. The predicted molar refractivity (Wildman–Crippen MR) is 105 cm³/mol. The predicted octanol–water partition coefficient (Wildman–Crippen LogP) is 4.16. The Balaban J connectivity index is 2.05. The zero-order valence-electron chi connectivity index (χ0n) is 15.8. The number of benzene rings is 1. The van der Waals surface area contributed by atoms with E-state index in [0.29, 0.717) is 11.3 Å². The molecule has 1 aliphatic heterocycles. The number of carbonyl (C=O) groups excluding carboxylic acids is 1. The van der Waals surface area contributed by atoms with Crippen molar-refractivity contribution in [3.05, 3.63) is 51.9 Å². The first-order valence-electron chi connectivity index (χ1n) is 8.86. The van der Waals surface area contributed by atoms with Crippen LogP contribution in [0.15, 0.2) is 51.4 Å². The molecule has 0 fully saturated rings. The highest BCUT2D eigenvalue weighted by Crippen LogP contribution is 2.44. The smallest absolute Gasteiger partial charge is 0.203 e. The van der Waals surface area contributed by atoms with E-state index >= 15 is 0 Å². The number of allylic oxidation sites excluding steroid dienone is 4. The molecule has 26 heavy (non-hydrogen) atoms. The lowest BCUT2D eigenvalue weighted by atomic mass is 9.81. The molecule has 1 aromatic rings. The summed E-state index contributed by atoms with van der Waals surface area (Å²) in [5.74, 6) is -0.390. The highest BCUT2D eigenvalue weighted by atomic mass is 16.3. The molecular formula is C21H24N2O3. The Morgan fingerprint density at radius 2 is 1.65 bits per heavy atom. The van der Waals surface area contributed by atoms with Crippen molar-refractivity contribution < 1.29 is 15.0 Å². The molecule has 0 atom stereocenters. The standard InChI is InChI=1S/C21H24N2O3/c1-6-23(7-2)14-8-9-15(16(24)10-14)17-20(25)18(21(17)26)19-12(4)11(3)13(5)22-19/h8-10,24-25H,6-7H2,1-5H3/b19-18+. The number of aliphatic hydroxyl groups excluding tert-OH is 1. The van der Waals surface area contributed by atoms with E-state index in [9.17, 15) is 15.0 Å². The van der Waals surface area contributed by atoms with Crippen molar-refractivity contribution in [3.63, 3.8) is 0 Å². The molecule has 1 aromatic carbocycles. The van der Waals surface area contributed by atoms with Crippen molar-refractivity contribution in [3.8, 4) is 5.75 Å². The van der Waals surface area contributed by atoms with E-state index in [1.165, 1.54) is 0 Å². The summed E-state index contributed by atoms with van der Waals surface area (Å²) < 4.78 is 0. The van der Waals surface area contributed by atoms with Gasteiger partial charge in [0.1, 0.15) is 11.5 Å². The molecule has 2 N–H and O–H groups in total. The number of aliphatic hydroxyl groups is 1. The number of carbonyl (C=O) groups is 1. The number of hydrogen-bond acceptors (Lipinski definition) is 5. The number of nitrogens with zero attached hydrogens (tertiary/aromatic N) is 2. The van der Waals surface area contributed by atoms with Crippen molar-refractivity contribution in [2.24, 2.45) is 4.99 Å². The van der Waals surface area contributed by atoms with Gasteiger partial charge in [0.2, 0.25) is 5.78 Å². The number of ketones is 1. The first-order valence-corrected chi connectivity index (χ1v) is 8.86. The van der Waals surface area contributed by atoms with Crippen LogP contribution >= 0.6 is 0 Å². The van der Waals surface area contributed by atoms with E-state index in [4.69, 9.17) is 0 Å². The topological polar surface area (TPSA) is 73.1 Å². The Labute approximate surface area is 153 Å². The molecule has 3 rings (SSSR count). The van der Waals surface area contributed by atoms with Crippen LogP contribution in [0.1, 0.15) is 40.2 Å². The molecule has 136 valence electrons. The Bertz CT molecular complexity index is 929. The third-order valence-electron chi connectivity index (χ3n) is 5.28. The highest BCUT2D eigenvalue weighted by Gasteiger charge is 2.40. The minimum absolute atomic E-state index is 0.0112. The normalized spacial score (nSPS) is 19.9. The largest absolute Gasteiger partial charge is 0.507 e. The van der Waals surface area contributed by atoms with Crippen LogP contribution in [0, 0.1) is 0 Å². The summed E-state index contributed by atoms with van der Waals surface area (Å²) in [5.41, 5.74) is 4.93. The maximum atomic E-state index is 12.7. The van der Waals surface area contributed by atoms with E-state index in [2.05, 4.69) is 9.89 Å². The van der Waals surface area contributed by atoms with E-state index in [0.717, 1.165) is 35.6 Å². The molecule has 0 spiro atoms. The molecular weight excluding hydrogens is 328 g/mol. The molecule has 1 aliphatic carbocycles. The summed E-state index contributed by atoms with van der Waals surface area (Å²) in [5, 5.41) is 20.9. The summed E-state index contributed by atoms with van der Waals surface area (Å²) in [6.45, 7) is 11.4. The maximum absolute atomic E-state index is 12.7. The minimum Gasteiger partial charge on any atom is -0.507 e. The van der Waals surface area contributed by atoms with Gasteiger partial charge in [-0.05, 0) is 57.9 Å². The van der Waals surface area contributed by atoms with Crippen LogP contribution in [0.5, 0.6) is 5.75 Å². The fourth-order valence-corrected chi connectivity index (χ4v) is 3.42. The molecule has 1 heterocycles. The lowest BCUT2D eigenvalue weighted by molar-refractivity contribution is -0.111. The van der Waals surface area contributed by atoms with Crippen LogP contribution < -0.4 is 4.90 Å². The van der Waals surface area contributed by atoms with Gasteiger partial charge in [-0.25, -0.2) is 0 Å². The second kappa shape index (κ2) is 6.48. The highest BCUT2D eigenvalue weighted by molar-refractivity contribution is 6.40. The van der Waals surface area contributed by atoms with Crippen LogP contribution in [0.25, 0.3) is 5.57 Å². The van der Waals surface area contributed by atoms with Crippen LogP contribution in [0.3, 0.4) is 0 Å². The van der Waals surface area contributed by atoms with Gasteiger partial charge >= 0.3 is 0 Å². The molecule has 0 saturated carbocycles. The van der Waals surface area contributed by atoms with Gasteiger partial charge < -0.3 is 15.1 Å². The fraction of sp³-hybridized carbons (Fsp3) is 0.333. The summed E-state index contributed by atoms with van der Waals surface area (Å²) in [4.78, 5) is 19.2. The van der Waals surface area contributed by atoms with E-state index in [-0.39, 0.29) is 28.4 Å². The number of anilines is 1. The Hall–Kier alpha value is -2.82. The van der Waals surface area contributed by atoms with Crippen molar-refractivity contribution in [2.75, 3.05) is 18.0 Å². The monoisotopic (exact) mass is 352 g/mol. The third-order valence-corrected chi connectivity index (χ3v) is 5.28. The van der Waals surface area contributed by atoms with Crippen molar-refractivity contribution in [1.82, 2.24) is 0 Å². The summed E-state index contributed by atoms with van der Waals surface area (Å²) >= 11 is 0. The van der Waals surface area contributed by atoms with Crippen LogP contribution in [-0.2, 0) is 4.79 Å². The lowest BCUT2D eigenvalue weighted by Crippen LogP contribution is -2.24. The number of aliphatic imine (C=N–C) groups is 1. The molecule has 0 bridgehead atoms. The fourth-order valence-electron chi connectivity index (χ4n) is 3.42. The molecule has 0 amide bonds. The van der Waals surface area contributed by atoms with Crippen molar-refractivity contribution >= 4 is 22.8 Å². The first-order chi connectivity index (χ1) is 12.3. The number of hydrogen-bond donors (Lipinski definition) is 2. The molecule has 2 aliphatic rings. The lowest BCUT2D eigenvalue weighted by Gasteiger charge is -2.25. The maximum Gasteiger partial charge on any atom is 0.203 e. The molecule has 5 heteroatoms. The summed E-state index contributed by atoms with van der Waals surface area (Å²) in [6.07, 6.45) is 0. The Kier molecular flexibility index (Phi) is 4.48. The molecule has 0 saturated heterocycles. The average Bonchev–Trinajstić information content (AvgIpc) is 2.85. The van der Waals surface area contributed by atoms with Gasteiger partial charge in [-0.15, -0.1) is 0 Å². The average molecular weight is 352 g/mol. The summed E-state index contributed by atoms with van der Waals surface area (Å²) in [6, 6.07) is 5.17. The number of phenols is 1. The number of phenolic OH excluding ortho intramolecular Hbond substituents is 1. The van der Waals surface area contributed by atoms with E-state index < -0.39 is 0 Å². The SMILES string of the molecule is CCN(CC)c1ccc(C2=C(O)/C(=C3\N=C(C)C(C)=C3C)C2=O)c(O)c1. The molecule has 0 radical (unpaired) electrons. The Morgan fingerprint density at radius 3 is 2.12 bits per heavy atom. The van der Waals surface area contributed by atoms with Gasteiger partial charge in [-0.1, -0.05) is 0 Å². The van der Waals surface area contributed by atoms with Crippen LogP contribution in [0.4, 0.5) is 5.69 Å². The van der Waals surface area contributed by atoms with Gasteiger partial charge in [-0.2, -0.15) is 0 Å². The van der Waals surface area contributed by atoms with E-state index in [1.807, 2.05) is 40.7 Å². The number of Topliss-reactive ketones (excluding diaryl/α,β-unsaturated/α-hetero) is 1. The van der Waals surface area contributed by atoms with Gasteiger partial charge in [-0.3, -0.25) is 9.79 Å². The quantitative estimate of drug-likeness (QED) is 0.798. The van der Waals surface area contributed by atoms with Crippen LogP contribution in [-0.4, -0.2) is 34.8 Å². The Morgan fingerprint density at radius 1 is 1.00 bits per heavy atom. The van der Waals surface area contributed by atoms with Gasteiger partial charge in [0, 0.05) is 36.1 Å². The molecule has 5 nitrogen and oxygen atoms in total.